The zero-order valence-electron chi connectivity index (χ0n) is 13.7. The summed E-state index contributed by atoms with van der Waals surface area (Å²) >= 11 is 0. The SMILES string of the molecule is CCC(C)(C)OCc1ccccc1NC(=O)N1CCOCC1. The van der Waals surface area contributed by atoms with Crippen molar-refractivity contribution in [3.05, 3.63) is 29.8 Å². The van der Waals surface area contributed by atoms with Gasteiger partial charge in [-0.25, -0.2) is 4.79 Å². The number of morpholine rings is 1. The number of hydrogen-bond donors (Lipinski definition) is 1. The Morgan fingerprint density at radius 3 is 2.68 bits per heavy atom. The van der Waals surface area contributed by atoms with E-state index < -0.39 is 0 Å². The van der Waals surface area contributed by atoms with Crippen LogP contribution in [0, 0.1) is 0 Å². The van der Waals surface area contributed by atoms with Crippen molar-refractivity contribution in [2.75, 3.05) is 31.6 Å². The van der Waals surface area contributed by atoms with E-state index in [2.05, 4.69) is 26.1 Å². The van der Waals surface area contributed by atoms with Crippen molar-refractivity contribution in [1.29, 1.82) is 0 Å². The van der Waals surface area contributed by atoms with Gasteiger partial charge in [-0.15, -0.1) is 0 Å². The normalized spacial score (nSPS) is 15.7. The summed E-state index contributed by atoms with van der Waals surface area (Å²) in [5, 5.41) is 2.99. The van der Waals surface area contributed by atoms with Gasteiger partial charge in [-0.2, -0.15) is 0 Å². The molecule has 5 heteroatoms. The van der Waals surface area contributed by atoms with Crippen LogP contribution in [0.1, 0.15) is 32.8 Å². The summed E-state index contributed by atoms with van der Waals surface area (Å²) in [6, 6.07) is 7.70. The lowest BCUT2D eigenvalue weighted by molar-refractivity contribution is -0.0313. The van der Waals surface area contributed by atoms with Gasteiger partial charge in [0, 0.05) is 24.3 Å². The summed E-state index contributed by atoms with van der Waals surface area (Å²) in [6.45, 7) is 9.20. The third kappa shape index (κ3) is 4.71. The molecule has 2 amide bonds. The molecule has 0 bridgehead atoms. The molecule has 0 unspecified atom stereocenters. The topological polar surface area (TPSA) is 50.8 Å². The number of carbonyl (C=O) groups excluding carboxylic acids is 1. The smallest absolute Gasteiger partial charge is 0.322 e. The first-order valence-corrected chi connectivity index (χ1v) is 7.87. The summed E-state index contributed by atoms with van der Waals surface area (Å²) in [4.78, 5) is 14.1. The summed E-state index contributed by atoms with van der Waals surface area (Å²) in [6.07, 6.45) is 0.940. The van der Waals surface area contributed by atoms with Crippen LogP contribution in [0.25, 0.3) is 0 Å². The van der Waals surface area contributed by atoms with E-state index in [4.69, 9.17) is 9.47 Å². The highest BCUT2D eigenvalue weighted by molar-refractivity contribution is 5.90. The third-order valence-electron chi connectivity index (χ3n) is 4.03. The third-order valence-corrected chi connectivity index (χ3v) is 4.03. The Balaban J connectivity index is 2.00. The molecule has 122 valence electrons. The van der Waals surface area contributed by atoms with Crippen LogP contribution in [0.15, 0.2) is 24.3 Å². The number of nitrogens with zero attached hydrogens (tertiary/aromatic N) is 1. The standard InChI is InChI=1S/C17H26N2O3/c1-4-17(2,3)22-13-14-7-5-6-8-15(14)18-16(20)19-9-11-21-12-10-19/h5-8H,4,9-13H2,1-3H3,(H,18,20). The Hall–Kier alpha value is -1.59. The molecule has 1 fully saturated rings. The average molecular weight is 306 g/mol. The first-order valence-electron chi connectivity index (χ1n) is 7.87. The summed E-state index contributed by atoms with van der Waals surface area (Å²) in [5.41, 5.74) is 1.64. The predicted octanol–water partition coefficient (Wildman–Crippen LogP) is 3.26. The Kier molecular flexibility index (Phi) is 5.80. The fourth-order valence-corrected chi connectivity index (χ4v) is 2.10. The largest absolute Gasteiger partial charge is 0.378 e. The Morgan fingerprint density at radius 1 is 1.32 bits per heavy atom. The average Bonchev–Trinajstić information content (AvgIpc) is 2.55. The number of rotatable bonds is 5. The fourth-order valence-electron chi connectivity index (χ4n) is 2.10. The quantitative estimate of drug-likeness (QED) is 0.908. The van der Waals surface area contributed by atoms with E-state index in [0.717, 1.165) is 17.7 Å². The second-order valence-corrected chi connectivity index (χ2v) is 6.09. The lowest BCUT2D eigenvalue weighted by Crippen LogP contribution is -2.43. The fraction of sp³-hybridized carbons (Fsp3) is 0.588. The van der Waals surface area contributed by atoms with E-state index in [1.807, 2.05) is 24.3 Å². The maximum absolute atomic E-state index is 12.3. The minimum absolute atomic E-state index is 0.0782. The molecular weight excluding hydrogens is 280 g/mol. The summed E-state index contributed by atoms with van der Waals surface area (Å²) in [7, 11) is 0. The van der Waals surface area contributed by atoms with E-state index in [-0.39, 0.29) is 11.6 Å². The Morgan fingerprint density at radius 2 is 2.00 bits per heavy atom. The predicted molar refractivity (Wildman–Crippen MR) is 87.0 cm³/mol. The Labute approximate surface area is 132 Å². The molecule has 0 aliphatic carbocycles. The van der Waals surface area contributed by atoms with Crippen LogP contribution in [0.5, 0.6) is 0 Å². The molecule has 1 aromatic rings. The molecule has 0 radical (unpaired) electrons. The van der Waals surface area contributed by atoms with Gasteiger partial charge < -0.3 is 19.7 Å². The second-order valence-electron chi connectivity index (χ2n) is 6.09. The van der Waals surface area contributed by atoms with Gasteiger partial charge in [-0.3, -0.25) is 0 Å². The van der Waals surface area contributed by atoms with Crippen molar-refractivity contribution in [3.63, 3.8) is 0 Å². The zero-order valence-corrected chi connectivity index (χ0v) is 13.7. The number of benzene rings is 1. The maximum Gasteiger partial charge on any atom is 0.322 e. The molecule has 22 heavy (non-hydrogen) atoms. The van der Waals surface area contributed by atoms with Gasteiger partial charge in [-0.1, -0.05) is 25.1 Å². The first-order chi connectivity index (χ1) is 10.5. The molecule has 1 saturated heterocycles. The van der Waals surface area contributed by atoms with Crippen molar-refractivity contribution in [1.82, 2.24) is 4.90 Å². The molecule has 0 atom stereocenters. The van der Waals surface area contributed by atoms with Crippen molar-refractivity contribution in [2.45, 2.75) is 39.4 Å². The second kappa shape index (κ2) is 7.61. The molecule has 1 aromatic carbocycles. The number of para-hydroxylation sites is 1. The molecule has 5 nitrogen and oxygen atoms in total. The molecule has 0 spiro atoms. The van der Waals surface area contributed by atoms with Gasteiger partial charge in [0.05, 0.1) is 25.4 Å². The van der Waals surface area contributed by atoms with Crippen LogP contribution >= 0.6 is 0 Å². The van der Waals surface area contributed by atoms with E-state index in [1.165, 1.54) is 0 Å². The van der Waals surface area contributed by atoms with Gasteiger partial charge in [0.25, 0.3) is 0 Å². The molecule has 2 rings (SSSR count). The number of amides is 2. The Bertz CT molecular complexity index is 496. The van der Waals surface area contributed by atoms with Crippen LogP contribution in [-0.4, -0.2) is 42.8 Å². The van der Waals surface area contributed by atoms with Crippen LogP contribution < -0.4 is 5.32 Å². The van der Waals surface area contributed by atoms with Crippen LogP contribution in [0.3, 0.4) is 0 Å². The number of urea groups is 1. The van der Waals surface area contributed by atoms with Crippen LogP contribution in [0.4, 0.5) is 10.5 Å². The molecule has 1 N–H and O–H groups in total. The lowest BCUT2D eigenvalue weighted by Gasteiger charge is -2.28. The van der Waals surface area contributed by atoms with Crippen molar-refractivity contribution < 1.29 is 14.3 Å². The first kappa shape index (κ1) is 16.8. The molecule has 0 aromatic heterocycles. The molecule has 1 heterocycles. The van der Waals surface area contributed by atoms with Gasteiger partial charge >= 0.3 is 6.03 Å². The maximum atomic E-state index is 12.3. The number of carbonyl (C=O) groups is 1. The molecular formula is C17H26N2O3. The van der Waals surface area contributed by atoms with Gasteiger partial charge in [0.15, 0.2) is 0 Å². The van der Waals surface area contributed by atoms with Gasteiger partial charge in [0.1, 0.15) is 0 Å². The molecule has 1 aliphatic heterocycles. The van der Waals surface area contributed by atoms with Crippen molar-refractivity contribution >= 4 is 11.7 Å². The highest BCUT2D eigenvalue weighted by atomic mass is 16.5. The molecule has 0 saturated carbocycles. The summed E-state index contributed by atoms with van der Waals surface area (Å²) in [5.74, 6) is 0. The number of ether oxygens (including phenoxy) is 2. The van der Waals surface area contributed by atoms with Crippen molar-refractivity contribution in [2.24, 2.45) is 0 Å². The number of nitrogens with one attached hydrogen (secondary N) is 1. The highest BCUT2D eigenvalue weighted by Gasteiger charge is 2.19. The minimum Gasteiger partial charge on any atom is -0.378 e. The van der Waals surface area contributed by atoms with Crippen molar-refractivity contribution in [3.8, 4) is 0 Å². The number of anilines is 1. The lowest BCUT2D eigenvalue weighted by atomic mass is 10.1. The van der Waals surface area contributed by atoms with E-state index in [1.54, 1.807) is 4.90 Å². The zero-order chi connectivity index (χ0) is 16.0. The van der Waals surface area contributed by atoms with E-state index in [9.17, 15) is 4.79 Å². The van der Waals surface area contributed by atoms with Gasteiger partial charge in [0.2, 0.25) is 0 Å². The van der Waals surface area contributed by atoms with Crippen LogP contribution in [-0.2, 0) is 16.1 Å². The number of hydrogen-bond acceptors (Lipinski definition) is 3. The highest BCUT2D eigenvalue weighted by Crippen LogP contribution is 2.21. The van der Waals surface area contributed by atoms with Crippen LogP contribution in [0.2, 0.25) is 0 Å². The van der Waals surface area contributed by atoms with E-state index in [0.29, 0.717) is 32.9 Å². The molecule has 1 aliphatic rings. The summed E-state index contributed by atoms with van der Waals surface area (Å²) < 4.78 is 11.2. The minimum atomic E-state index is -0.165. The monoisotopic (exact) mass is 306 g/mol. The van der Waals surface area contributed by atoms with E-state index >= 15 is 0 Å². The van der Waals surface area contributed by atoms with Gasteiger partial charge in [-0.05, 0) is 26.3 Å².